The van der Waals surface area contributed by atoms with Gasteiger partial charge in [-0.15, -0.1) is 10.2 Å². The van der Waals surface area contributed by atoms with E-state index in [-0.39, 0.29) is 39.1 Å². The Hall–Kier alpha value is -2.33. The second-order valence-corrected chi connectivity index (χ2v) is 16.8. The molecule has 0 bridgehead atoms. The van der Waals surface area contributed by atoms with Gasteiger partial charge in [0.25, 0.3) is 0 Å². The van der Waals surface area contributed by atoms with Crippen LogP contribution < -0.4 is 0 Å². The first kappa shape index (κ1) is 33.6. The highest BCUT2D eigenvalue weighted by Gasteiger charge is 2.81. The molecule has 2 aliphatic carbocycles. The molecule has 0 unspecified atom stereocenters. The number of carbonyl (C=O) groups excluding carboxylic acids is 2. The zero-order valence-electron chi connectivity index (χ0n) is 28.9. The average molecular weight is 594 g/mol. The van der Waals surface area contributed by atoms with E-state index in [1.165, 1.54) is 6.42 Å². The first-order valence-corrected chi connectivity index (χ1v) is 16.3. The number of epoxide rings is 1. The lowest BCUT2D eigenvalue weighted by molar-refractivity contribution is -0.142. The molecule has 2 saturated carbocycles. The molecule has 4 rings (SSSR count). The number of hydrogen-bond donors (Lipinski definition) is 0. The van der Waals surface area contributed by atoms with E-state index >= 15 is 0 Å². The fourth-order valence-corrected chi connectivity index (χ4v) is 9.11. The summed E-state index contributed by atoms with van der Waals surface area (Å²) in [6.45, 7) is 25.6. The van der Waals surface area contributed by atoms with Crippen LogP contribution in [0.2, 0.25) is 0 Å². The first-order valence-electron chi connectivity index (χ1n) is 16.3. The van der Waals surface area contributed by atoms with Crippen LogP contribution in [0.4, 0.5) is 0 Å². The lowest BCUT2D eigenvalue weighted by Crippen LogP contribution is -2.62. The van der Waals surface area contributed by atoms with Gasteiger partial charge in [0.15, 0.2) is 11.6 Å². The van der Waals surface area contributed by atoms with E-state index in [1.807, 2.05) is 26.8 Å². The molecule has 0 N–H and O–H groups in total. The van der Waals surface area contributed by atoms with Crippen LogP contribution in [-0.4, -0.2) is 33.5 Å². The zero-order chi connectivity index (χ0) is 32.4. The molecule has 0 aromatic carbocycles. The molecule has 0 amide bonds. The summed E-state index contributed by atoms with van der Waals surface area (Å²) < 4.78 is 12.2. The maximum atomic E-state index is 13.6. The predicted octanol–water partition coefficient (Wildman–Crippen LogP) is 8.26. The fourth-order valence-electron chi connectivity index (χ4n) is 9.11. The van der Waals surface area contributed by atoms with E-state index in [0.717, 1.165) is 50.5 Å². The summed E-state index contributed by atoms with van der Waals surface area (Å²) in [6, 6.07) is 2.25. The Labute approximate surface area is 259 Å². The molecule has 1 aromatic rings. The lowest BCUT2D eigenvalue weighted by atomic mass is 9.40. The first-order chi connectivity index (χ1) is 19.7. The van der Waals surface area contributed by atoms with Gasteiger partial charge in [-0.25, -0.2) is 0 Å². The van der Waals surface area contributed by atoms with Gasteiger partial charge in [-0.2, -0.15) is 5.26 Å². The van der Waals surface area contributed by atoms with Crippen LogP contribution in [0.5, 0.6) is 0 Å². The standard InChI is InChI=1S/C36H55N3O4/c1-13-15-30(4,5)17-19-33(10,29-39-38-24(3)42-29)20-18-31(6,7)34(11)16-14-25-32(8,9)27(41)36(22-37)28(43-36)35(25,12)26(34)21-23(2)40/h21,25,28H,13-20H2,1-12H3/b26-21+/t25-,28+,33-,34+,35-,36-/m0/s1. The molecule has 238 valence electrons. The van der Waals surface area contributed by atoms with Crippen LogP contribution in [-0.2, 0) is 19.7 Å². The van der Waals surface area contributed by atoms with E-state index in [2.05, 4.69) is 71.7 Å². The highest BCUT2D eigenvalue weighted by Crippen LogP contribution is 2.73. The zero-order valence-corrected chi connectivity index (χ0v) is 28.9. The summed E-state index contributed by atoms with van der Waals surface area (Å²) in [5.74, 6) is 1.13. The molecule has 43 heavy (non-hydrogen) atoms. The third kappa shape index (κ3) is 5.24. The number of hydrogen-bond acceptors (Lipinski definition) is 7. The molecule has 0 radical (unpaired) electrons. The largest absolute Gasteiger partial charge is 0.425 e. The lowest BCUT2D eigenvalue weighted by Gasteiger charge is -2.61. The number of nitriles is 1. The normalized spacial score (nSPS) is 34.2. The van der Waals surface area contributed by atoms with Crippen molar-refractivity contribution in [2.75, 3.05) is 0 Å². The number of nitrogens with zero attached hydrogens (tertiary/aromatic N) is 3. The Bertz CT molecular complexity index is 1350. The topological polar surface area (TPSA) is 109 Å². The summed E-state index contributed by atoms with van der Waals surface area (Å²) >= 11 is 0. The van der Waals surface area contributed by atoms with Crippen molar-refractivity contribution >= 4 is 11.6 Å². The van der Waals surface area contributed by atoms with Crippen LogP contribution in [0.15, 0.2) is 16.1 Å². The smallest absolute Gasteiger partial charge is 0.240 e. The predicted molar refractivity (Wildman–Crippen MR) is 167 cm³/mol. The van der Waals surface area contributed by atoms with Gasteiger partial charge >= 0.3 is 0 Å². The van der Waals surface area contributed by atoms with Gasteiger partial charge in [-0.05, 0) is 80.1 Å². The maximum Gasteiger partial charge on any atom is 0.240 e. The molecule has 1 aliphatic heterocycles. The number of ether oxygens (including phenoxy) is 1. The molecule has 2 heterocycles. The molecular formula is C36H55N3O4. The summed E-state index contributed by atoms with van der Waals surface area (Å²) in [5.41, 5.74) is -2.39. The number of ketones is 2. The highest BCUT2D eigenvalue weighted by molar-refractivity contribution is 6.00. The number of aromatic nitrogens is 2. The Morgan fingerprint density at radius 2 is 1.67 bits per heavy atom. The van der Waals surface area contributed by atoms with Crippen molar-refractivity contribution in [2.24, 2.45) is 33.0 Å². The number of fused-ring (bicyclic) bond motifs is 3. The second-order valence-electron chi connectivity index (χ2n) is 16.8. The number of aryl methyl sites for hydroxylation is 1. The Kier molecular flexibility index (Phi) is 8.30. The van der Waals surface area contributed by atoms with Gasteiger partial charge in [-0.3, -0.25) is 9.59 Å². The summed E-state index contributed by atoms with van der Waals surface area (Å²) in [7, 11) is 0. The van der Waals surface area contributed by atoms with Crippen molar-refractivity contribution in [3.8, 4) is 6.07 Å². The Morgan fingerprint density at radius 1 is 1.05 bits per heavy atom. The average Bonchev–Trinajstić information content (AvgIpc) is 3.52. The maximum absolute atomic E-state index is 13.6. The number of carbonyl (C=O) groups is 2. The van der Waals surface area contributed by atoms with Crippen LogP contribution >= 0.6 is 0 Å². The fraction of sp³-hybridized carbons (Fsp3) is 0.806. The van der Waals surface area contributed by atoms with E-state index in [9.17, 15) is 14.9 Å². The van der Waals surface area contributed by atoms with Gasteiger partial charge in [0.2, 0.25) is 17.4 Å². The minimum absolute atomic E-state index is 0.0128. The molecule has 3 fully saturated rings. The molecular weight excluding hydrogens is 538 g/mol. The quantitative estimate of drug-likeness (QED) is 0.188. The third-order valence-electron chi connectivity index (χ3n) is 12.4. The van der Waals surface area contributed by atoms with Crippen molar-refractivity contribution < 1.29 is 18.7 Å². The van der Waals surface area contributed by atoms with Crippen LogP contribution in [0, 0.1) is 51.2 Å². The van der Waals surface area contributed by atoms with Gasteiger partial charge < -0.3 is 9.15 Å². The van der Waals surface area contributed by atoms with E-state index in [0.29, 0.717) is 11.8 Å². The van der Waals surface area contributed by atoms with Gasteiger partial charge in [0.1, 0.15) is 12.2 Å². The number of Topliss-reactive ketones (excluding diaryl/α,β-unsaturated/α-hetero) is 1. The number of allylic oxidation sites excluding steroid dienone is 1. The SMILES string of the molecule is CCCC(C)(C)CC[C@@](C)(CCC(C)(C)[C@]1(C)CC[C@H]2C(C)(C)C(=O)[C@]3(C#N)O[C@@H]3[C@]2(C)/C1=C/C(C)=O)c1nnc(C)o1. The van der Waals surface area contributed by atoms with Crippen LogP contribution in [0.1, 0.15) is 139 Å². The Balaban J connectivity index is 1.72. The van der Waals surface area contributed by atoms with E-state index < -0.39 is 22.5 Å². The van der Waals surface area contributed by atoms with Crippen molar-refractivity contribution in [1.29, 1.82) is 5.26 Å². The van der Waals surface area contributed by atoms with Gasteiger partial charge in [-0.1, -0.05) is 81.2 Å². The van der Waals surface area contributed by atoms with E-state index in [4.69, 9.17) is 9.15 Å². The van der Waals surface area contributed by atoms with Crippen molar-refractivity contribution in [3.63, 3.8) is 0 Å². The van der Waals surface area contributed by atoms with Crippen molar-refractivity contribution in [1.82, 2.24) is 10.2 Å². The van der Waals surface area contributed by atoms with Crippen LogP contribution in [0.3, 0.4) is 0 Å². The molecule has 7 nitrogen and oxygen atoms in total. The van der Waals surface area contributed by atoms with Gasteiger partial charge in [0, 0.05) is 23.2 Å². The molecule has 0 spiro atoms. The Morgan fingerprint density at radius 3 is 2.21 bits per heavy atom. The minimum Gasteiger partial charge on any atom is -0.425 e. The molecule has 1 aromatic heterocycles. The summed E-state index contributed by atoms with van der Waals surface area (Å²) in [4.78, 5) is 26.5. The van der Waals surface area contributed by atoms with Crippen molar-refractivity contribution in [2.45, 2.75) is 152 Å². The highest BCUT2D eigenvalue weighted by atomic mass is 16.6. The monoisotopic (exact) mass is 593 g/mol. The van der Waals surface area contributed by atoms with Gasteiger partial charge in [0.05, 0.1) is 0 Å². The molecule has 6 atom stereocenters. The minimum atomic E-state index is -1.42. The van der Waals surface area contributed by atoms with Crippen LogP contribution in [0.25, 0.3) is 0 Å². The van der Waals surface area contributed by atoms with Crippen molar-refractivity contribution in [3.05, 3.63) is 23.4 Å². The summed E-state index contributed by atoms with van der Waals surface area (Å²) in [5, 5.41) is 18.9. The molecule has 3 aliphatic rings. The second kappa shape index (κ2) is 10.6. The molecule has 1 saturated heterocycles. The third-order valence-corrected chi connectivity index (χ3v) is 12.4. The van der Waals surface area contributed by atoms with E-state index in [1.54, 1.807) is 6.92 Å². The molecule has 7 heteroatoms. The summed E-state index contributed by atoms with van der Waals surface area (Å²) in [6.07, 6.45) is 9.02. The number of rotatable bonds is 11.